The molecule has 3 aromatic rings. The van der Waals surface area contributed by atoms with Gasteiger partial charge in [0, 0.05) is 37.5 Å². The number of hydrogen-bond donors (Lipinski definition) is 0. The highest BCUT2D eigenvalue weighted by Crippen LogP contribution is 2.46. The molecule has 1 amide bonds. The molecule has 10 heteroatoms. The normalized spacial score (nSPS) is 23.6. The van der Waals surface area contributed by atoms with Crippen LogP contribution in [-0.2, 0) is 28.5 Å². The summed E-state index contributed by atoms with van der Waals surface area (Å²) in [7, 11) is 0. The quantitative estimate of drug-likeness (QED) is 0.231. The highest BCUT2D eigenvalue weighted by Gasteiger charge is 2.53. The molecule has 4 nitrogen and oxygen atoms in total. The summed E-state index contributed by atoms with van der Waals surface area (Å²) >= 11 is 0. The Morgan fingerprint density at radius 1 is 0.864 bits per heavy atom. The second kappa shape index (κ2) is 12.9. The third-order valence-corrected chi connectivity index (χ3v) is 9.02. The number of piperidine rings is 3. The van der Waals surface area contributed by atoms with E-state index in [9.17, 15) is 31.1 Å². The van der Waals surface area contributed by atoms with E-state index in [4.69, 9.17) is 4.74 Å². The van der Waals surface area contributed by atoms with E-state index in [1.165, 1.54) is 0 Å². The number of ether oxygens (including phenoxy) is 1. The largest absolute Gasteiger partial charge is 0.416 e. The van der Waals surface area contributed by atoms with Crippen LogP contribution in [0.1, 0.15) is 54.0 Å². The summed E-state index contributed by atoms with van der Waals surface area (Å²) in [5.74, 6) is -0.877. The molecule has 3 fully saturated rings. The molecule has 3 saturated heterocycles. The summed E-state index contributed by atoms with van der Waals surface area (Å²) in [6.45, 7) is 5.64. The predicted octanol–water partition coefficient (Wildman–Crippen LogP) is 7.63. The molecular formula is C34H36F6N2O2. The van der Waals surface area contributed by atoms with Gasteiger partial charge in [0.2, 0.25) is 5.91 Å². The van der Waals surface area contributed by atoms with Crippen molar-refractivity contribution in [1.82, 2.24) is 9.80 Å². The van der Waals surface area contributed by atoms with Crippen molar-refractivity contribution >= 4 is 5.91 Å². The first-order valence-corrected chi connectivity index (χ1v) is 14.9. The second-order valence-electron chi connectivity index (χ2n) is 11.5. The van der Waals surface area contributed by atoms with Gasteiger partial charge in [-0.25, -0.2) is 0 Å². The zero-order chi connectivity index (χ0) is 31.6. The minimum absolute atomic E-state index is 0.00820. The number of rotatable bonds is 9. The minimum atomic E-state index is -4.96. The zero-order valence-electron chi connectivity index (χ0n) is 24.6. The van der Waals surface area contributed by atoms with Crippen LogP contribution in [0, 0.1) is 11.8 Å². The van der Waals surface area contributed by atoms with Gasteiger partial charge in [-0.05, 0) is 61.7 Å². The Morgan fingerprint density at radius 2 is 1.39 bits per heavy atom. The lowest BCUT2D eigenvalue weighted by atomic mass is 9.67. The Balaban J connectivity index is 1.57. The molecule has 5 atom stereocenters. The van der Waals surface area contributed by atoms with E-state index < -0.39 is 42.1 Å². The number of amides is 1. The number of carbonyl (C=O) groups is 1. The molecule has 3 aliphatic heterocycles. The molecule has 3 aromatic carbocycles. The summed E-state index contributed by atoms with van der Waals surface area (Å²) in [4.78, 5) is 17.7. The summed E-state index contributed by atoms with van der Waals surface area (Å²) in [5, 5.41) is 0. The molecule has 3 aliphatic rings. The van der Waals surface area contributed by atoms with Gasteiger partial charge in [-0.1, -0.05) is 60.7 Å². The van der Waals surface area contributed by atoms with Gasteiger partial charge in [-0.2, -0.15) is 26.3 Å². The molecule has 0 spiro atoms. The lowest BCUT2D eigenvalue weighted by Crippen LogP contribution is -2.66. The lowest BCUT2D eigenvalue weighted by molar-refractivity contribution is -0.167. The van der Waals surface area contributed by atoms with Gasteiger partial charge in [0.1, 0.15) is 0 Å². The van der Waals surface area contributed by atoms with Crippen molar-refractivity contribution in [2.45, 2.75) is 57.3 Å². The number of nitrogens with zero attached hydrogens (tertiary/aromatic N) is 2. The lowest BCUT2D eigenvalue weighted by Gasteiger charge is -2.56. The summed E-state index contributed by atoms with van der Waals surface area (Å²) in [6, 6.07) is 20.9. The molecule has 0 radical (unpaired) electrons. The van der Waals surface area contributed by atoms with Crippen LogP contribution in [0.5, 0.6) is 0 Å². The van der Waals surface area contributed by atoms with Gasteiger partial charge in [-0.3, -0.25) is 9.69 Å². The Kier molecular flexibility index (Phi) is 9.41. The third-order valence-electron chi connectivity index (χ3n) is 9.02. The van der Waals surface area contributed by atoms with Crippen LogP contribution in [0.2, 0.25) is 0 Å². The minimum Gasteiger partial charge on any atom is -0.372 e. The molecule has 0 N–H and O–H groups in total. The summed E-state index contributed by atoms with van der Waals surface area (Å²) in [5.41, 5.74) is -0.954. The van der Waals surface area contributed by atoms with Crippen molar-refractivity contribution in [2.24, 2.45) is 11.8 Å². The maximum Gasteiger partial charge on any atom is 0.416 e. The van der Waals surface area contributed by atoms with Crippen LogP contribution in [0.4, 0.5) is 26.3 Å². The maximum absolute atomic E-state index is 13.7. The highest BCUT2D eigenvalue weighted by atomic mass is 19.4. The first-order valence-electron chi connectivity index (χ1n) is 14.9. The first kappa shape index (κ1) is 32.0. The van der Waals surface area contributed by atoms with Crippen LogP contribution >= 0.6 is 0 Å². The Bertz CT molecular complexity index is 1340. The van der Waals surface area contributed by atoms with Crippen LogP contribution in [0.3, 0.4) is 0 Å². The Hall–Kier alpha value is -3.37. The third kappa shape index (κ3) is 6.66. The van der Waals surface area contributed by atoms with Crippen molar-refractivity contribution in [3.8, 4) is 0 Å². The van der Waals surface area contributed by atoms with E-state index in [0.29, 0.717) is 32.6 Å². The van der Waals surface area contributed by atoms with Crippen LogP contribution < -0.4 is 0 Å². The number of alkyl halides is 6. The van der Waals surface area contributed by atoms with Gasteiger partial charge >= 0.3 is 12.4 Å². The number of carbonyl (C=O) groups excluding carboxylic acids is 1. The van der Waals surface area contributed by atoms with Gasteiger partial charge < -0.3 is 9.64 Å². The summed E-state index contributed by atoms with van der Waals surface area (Å²) < 4.78 is 88.2. The fourth-order valence-electron chi connectivity index (χ4n) is 6.98. The van der Waals surface area contributed by atoms with E-state index in [0.717, 1.165) is 23.3 Å². The van der Waals surface area contributed by atoms with Gasteiger partial charge in [0.15, 0.2) is 0 Å². The molecular weight excluding hydrogens is 582 g/mol. The average molecular weight is 619 g/mol. The topological polar surface area (TPSA) is 32.8 Å². The first-order chi connectivity index (χ1) is 20.9. The molecule has 3 heterocycles. The van der Waals surface area contributed by atoms with Crippen molar-refractivity contribution in [3.63, 3.8) is 0 Å². The zero-order valence-corrected chi connectivity index (χ0v) is 24.6. The molecule has 6 rings (SSSR count). The molecule has 0 aliphatic carbocycles. The molecule has 2 bridgehead atoms. The van der Waals surface area contributed by atoms with Crippen LogP contribution in [0.15, 0.2) is 78.9 Å². The van der Waals surface area contributed by atoms with Crippen molar-refractivity contribution < 1.29 is 35.9 Å². The van der Waals surface area contributed by atoms with E-state index in [-0.39, 0.29) is 35.4 Å². The number of fused-ring (bicyclic) bond motifs is 3. The standard InChI is InChI=1S/C34H36F6N2O2/c1-3-41(4-2)32(43)28-20-42-16-15-27(28)31(30(42)29(23-11-7-5-8-12-23)24-13-9-6-10-14-24)44-21-22-17-25(33(35,36)37)19-26(18-22)34(38,39)40/h5-14,17-19,27-31H,3-4,15-16,20-21H2,1-2H3/t27-,28-,30+,31+/m1/s1. The van der Waals surface area contributed by atoms with Crippen LogP contribution in [0.25, 0.3) is 0 Å². The van der Waals surface area contributed by atoms with Gasteiger partial charge in [-0.15, -0.1) is 0 Å². The Morgan fingerprint density at radius 3 is 1.86 bits per heavy atom. The molecule has 236 valence electrons. The van der Waals surface area contributed by atoms with Crippen molar-refractivity contribution in [2.75, 3.05) is 26.2 Å². The predicted molar refractivity (Wildman–Crippen MR) is 155 cm³/mol. The van der Waals surface area contributed by atoms with Crippen molar-refractivity contribution in [3.05, 3.63) is 107 Å². The van der Waals surface area contributed by atoms with Crippen LogP contribution in [-0.4, -0.2) is 54.0 Å². The molecule has 0 aromatic heterocycles. The molecule has 1 unspecified atom stereocenters. The monoisotopic (exact) mass is 618 g/mol. The molecule has 0 saturated carbocycles. The van der Waals surface area contributed by atoms with E-state index >= 15 is 0 Å². The Labute approximate surface area is 253 Å². The van der Waals surface area contributed by atoms with Gasteiger partial charge in [0.05, 0.1) is 29.8 Å². The second-order valence-corrected chi connectivity index (χ2v) is 11.5. The number of hydrogen-bond acceptors (Lipinski definition) is 3. The number of benzene rings is 3. The van der Waals surface area contributed by atoms with E-state index in [1.807, 2.05) is 74.5 Å². The van der Waals surface area contributed by atoms with Crippen molar-refractivity contribution in [1.29, 1.82) is 0 Å². The SMILES string of the molecule is CCN(CC)C(=O)[C@@H]1CN2CC[C@H]1[C@H](OCc1cc(C(F)(F)F)cc(C(F)(F)F)c1)[C@@H]2C(c1ccccc1)c1ccccc1. The highest BCUT2D eigenvalue weighted by molar-refractivity contribution is 5.80. The molecule has 44 heavy (non-hydrogen) atoms. The average Bonchev–Trinajstić information content (AvgIpc) is 3.01. The fraction of sp³-hybridized carbons (Fsp3) is 0.441. The van der Waals surface area contributed by atoms with E-state index in [1.54, 1.807) is 4.90 Å². The maximum atomic E-state index is 13.7. The smallest absolute Gasteiger partial charge is 0.372 e. The van der Waals surface area contributed by atoms with E-state index in [2.05, 4.69) is 4.90 Å². The number of halogens is 6. The van der Waals surface area contributed by atoms with Gasteiger partial charge in [0.25, 0.3) is 0 Å². The summed E-state index contributed by atoms with van der Waals surface area (Å²) in [6.07, 6.45) is -9.91. The fourth-order valence-corrected chi connectivity index (χ4v) is 6.98.